The van der Waals surface area contributed by atoms with Gasteiger partial charge in [-0.25, -0.2) is 4.79 Å². The van der Waals surface area contributed by atoms with Crippen molar-refractivity contribution in [2.24, 2.45) is 5.92 Å². The Morgan fingerprint density at radius 1 is 1.45 bits per heavy atom. The highest BCUT2D eigenvalue weighted by molar-refractivity contribution is 5.75. The molecule has 1 unspecified atom stereocenters. The van der Waals surface area contributed by atoms with E-state index in [9.17, 15) is 9.59 Å². The minimum absolute atomic E-state index is 0.0168. The van der Waals surface area contributed by atoms with Crippen molar-refractivity contribution < 1.29 is 14.7 Å². The summed E-state index contributed by atoms with van der Waals surface area (Å²) in [6.07, 6.45) is 6.07. The molecule has 1 saturated carbocycles. The summed E-state index contributed by atoms with van der Waals surface area (Å²) < 4.78 is 1.69. The molecule has 0 radical (unpaired) electrons. The minimum atomic E-state index is -0.881. The molecule has 1 atom stereocenters. The molecule has 8 nitrogen and oxygen atoms in total. The quantitative estimate of drug-likeness (QED) is 0.591. The number of carbonyl (C=O) groups is 2. The number of aromatic nitrogens is 3. The van der Waals surface area contributed by atoms with Gasteiger partial charge in [-0.15, -0.1) is 5.10 Å². The average Bonchev–Trinajstić information content (AvgIpc) is 3.11. The van der Waals surface area contributed by atoms with Crippen LogP contribution in [0.5, 0.6) is 0 Å². The molecule has 0 spiro atoms. The molecule has 0 bridgehead atoms. The number of urea groups is 1. The molecule has 1 aromatic heterocycles. The van der Waals surface area contributed by atoms with Gasteiger partial charge in [-0.05, 0) is 25.2 Å². The van der Waals surface area contributed by atoms with E-state index in [0.29, 0.717) is 19.0 Å². The summed E-state index contributed by atoms with van der Waals surface area (Å²) in [4.78, 5) is 22.4. The van der Waals surface area contributed by atoms with E-state index in [1.165, 1.54) is 0 Å². The lowest BCUT2D eigenvalue weighted by Gasteiger charge is -2.16. The summed E-state index contributed by atoms with van der Waals surface area (Å²) in [5.41, 5.74) is 0. The fourth-order valence-electron chi connectivity index (χ4n) is 2.04. The first-order valence-electron chi connectivity index (χ1n) is 6.75. The van der Waals surface area contributed by atoms with Crippen LogP contribution in [0.4, 0.5) is 4.79 Å². The largest absolute Gasteiger partial charge is 0.481 e. The van der Waals surface area contributed by atoms with Gasteiger partial charge >= 0.3 is 12.0 Å². The molecule has 1 aromatic rings. The predicted octanol–water partition coefficient (Wildman–Crippen LogP) is 0.221. The molecule has 3 N–H and O–H groups in total. The molecule has 0 aromatic carbocycles. The van der Waals surface area contributed by atoms with Crippen molar-refractivity contribution in [3.8, 4) is 0 Å². The number of amides is 2. The number of carboxylic acid groups (broad SMARTS) is 1. The van der Waals surface area contributed by atoms with Crippen molar-refractivity contribution in [3.05, 3.63) is 12.4 Å². The van der Waals surface area contributed by atoms with Crippen LogP contribution < -0.4 is 10.6 Å². The fraction of sp³-hybridized carbons (Fsp3) is 0.667. The Hall–Kier alpha value is -2.12. The molecular formula is C12H19N5O3. The average molecular weight is 281 g/mol. The van der Waals surface area contributed by atoms with E-state index < -0.39 is 5.97 Å². The third-order valence-corrected chi connectivity index (χ3v) is 3.22. The zero-order valence-electron chi connectivity index (χ0n) is 11.2. The number of hydrogen-bond donors (Lipinski definition) is 3. The molecule has 1 aliphatic rings. The second kappa shape index (κ2) is 6.88. The Morgan fingerprint density at radius 3 is 2.85 bits per heavy atom. The van der Waals surface area contributed by atoms with Gasteiger partial charge in [0.05, 0.1) is 12.6 Å². The highest BCUT2D eigenvalue weighted by Gasteiger charge is 2.33. The van der Waals surface area contributed by atoms with Crippen molar-refractivity contribution in [3.63, 3.8) is 0 Å². The second-order valence-corrected chi connectivity index (χ2v) is 4.96. The van der Waals surface area contributed by atoms with Gasteiger partial charge in [-0.1, -0.05) is 5.21 Å². The van der Waals surface area contributed by atoms with Crippen molar-refractivity contribution in [1.82, 2.24) is 25.6 Å². The molecule has 2 amide bonds. The third-order valence-electron chi connectivity index (χ3n) is 3.22. The van der Waals surface area contributed by atoms with E-state index in [-0.39, 0.29) is 18.5 Å². The van der Waals surface area contributed by atoms with E-state index in [2.05, 4.69) is 20.9 Å². The molecule has 2 rings (SSSR count). The maximum atomic E-state index is 11.7. The van der Waals surface area contributed by atoms with Gasteiger partial charge in [0.25, 0.3) is 0 Å². The number of hydrogen-bond acceptors (Lipinski definition) is 4. The molecule has 1 heterocycles. The van der Waals surface area contributed by atoms with Gasteiger partial charge in [0.1, 0.15) is 0 Å². The highest BCUT2D eigenvalue weighted by atomic mass is 16.4. The first-order chi connectivity index (χ1) is 9.65. The highest BCUT2D eigenvalue weighted by Crippen LogP contribution is 2.33. The molecule has 0 saturated heterocycles. The first kappa shape index (κ1) is 14.3. The number of carbonyl (C=O) groups excluding carboxylic acids is 1. The number of rotatable bonds is 8. The lowest BCUT2D eigenvalue weighted by molar-refractivity contribution is -0.137. The van der Waals surface area contributed by atoms with Gasteiger partial charge in [-0.2, -0.15) is 0 Å². The van der Waals surface area contributed by atoms with E-state index in [4.69, 9.17) is 5.11 Å². The Kier molecular flexibility index (Phi) is 4.91. The van der Waals surface area contributed by atoms with Gasteiger partial charge in [0.2, 0.25) is 0 Å². The predicted molar refractivity (Wildman–Crippen MR) is 69.9 cm³/mol. The maximum absolute atomic E-state index is 11.7. The standard InChI is InChI=1S/C12H19N5O3/c18-11(19)8-10(9-2-3-9)15-12(20)13-4-1-6-17-7-5-14-16-17/h5,7,9-10H,1-4,6,8H2,(H,18,19)(H2,13,15,20). The van der Waals surface area contributed by atoms with Gasteiger partial charge < -0.3 is 15.7 Å². The molecular weight excluding hydrogens is 262 g/mol. The van der Waals surface area contributed by atoms with Crippen molar-refractivity contribution >= 4 is 12.0 Å². The van der Waals surface area contributed by atoms with Gasteiger partial charge in [0.15, 0.2) is 0 Å². The van der Waals surface area contributed by atoms with Crippen LogP contribution in [0.25, 0.3) is 0 Å². The van der Waals surface area contributed by atoms with Crippen LogP contribution in [0.3, 0.4) is 0 Å². The second-order valence-electron chi connectivity index (χ2n) is 4.96. The summed E-state index contributed by atoms with van der Waals surface area (Å²) in [5.74, 6) is -0.569. The van der Waals surface area contributed by atoms with Crippen LogP contribution in [0.2, 0.25) is 0 Å². The maximum Gasteiger partial charge on any atom is 0.315 e. The molecule has 20 heavy (non-hydrogen) atoms. The number of nitrogens with one attached hydrogen (secondary N) is 2. The van der Waals surface area contributed by atoms with Crippen LogP contribution in [-0.4, -0.2) is 44.7 Å². The third kappa shape index (κ3) is 4.87. The molecule has 1 aliphatic carbocycles. The van der Waals surface area contributed by atoms with Crippen LogP contribution >= 0.6 is 0 Å². The number of aliphatic carboxylic acids is 1. The Labute approximate surface area is 116 Å². The number of nitrogens with zero attached hydrogens (tertiary/aromatic N) is 3. The Morgan fingerprint density at radius 2 is 2.25 bits per heavy atom. The van der Waals surface area contributed by atoms with Crippen LogP contribution in [-0.2, 0) is 11.3 Å². The summed E-state index contributed by atoms with van der Waals surface area (Å²) in [7, 11) is 0. The van der Waals surface area contributed by atoms with Crippen LogP contribution in [0, 0.1) is 5.92 Å². The summed E-state index contributed by atoms with van der Waals surface area (Å²) >= 11 is 0. The van der Waals surface area contributed by atoms with E-state index in [0.717, 1.165) is 19.3 Å². The Balaban J connectivity index is 1.62. The minimum Gasteiger partial charge on any atom is -0.481 e. The SMILES string of the molecule is O=C(O)CC(NC(=O)NCCCn1ccnn1)C1CC1. The van der Waals surface area contributed by atoms with E-state index in [1.807, 2.05) is 0 Å². The fourth-order valence-corrected chi connectivity index (χ4v) is 2.04. The molecule has 8 heteroatoms. The lowest BCUT2D eigenvalue weighted by atomic mass is 10.1. The number of aryl methyl sites for hydroxylation is 1. The molecule has 110 valence electrons. The van der Waals surface area contributed by atoms with Crippen LogP contribution in [0.1, 0.15) is 25.7 Å². The van der Waals surface area contributed by atoms with Gasteiger partial charge in [0, 0.05) is 25.3 Å². The van der Waals surface area contributed by atoms with Gasteiger partial charge in [-0.3, -0.25) is 9.48 Å². The number of carboxylic acids is 1. The van der Waals surface area contributed by atoms with E-state index in [1.54, 1.807) is 17.1 Å². The summed E-state index contributed by atoms with van der Waals surface area (Å²) in [5, 5.41) is 21.8. The summed E-state index contributed by atoms with van der Waals surface area (Å²) in [6.45, 7) is 1.19. The summed E-state index contributed by atoms with van der Waals surface area (Å²) in [6, 6.07) is -0.565. The monoisotopic (exact) mass is 281 g/mol. The van der Waals surface area contributed by atoms with Crippen molar-refractivity contribution in [2.45, 2.75) is 38.3 Å². The van der Waals surface area contributed by atoms with E-state index >= 15 is 0 Å². The van der Waals surface area contributed by atoms with Crippen molar-refractivity contribution in [2.75, 3.05) is 6.54 Å². The zero-order chi connectivity index (χ0) is 14.4. The normalized spacial score (nSPS) is 15.6. The molecule has 1 fully saturated rings. The van der Waals surface area contributed by atoms with Crippen molar-refractivity contribution in [1.29, 1.82) is 0 Å². The lowest BCUT2D eigenvalue weighted by Crippen LogP contribution is -2.44. The van der Waals surface area contributed by atoms with Crippen LogP contribution in [0.15, 0.2) is 12.4 Å². The zero-order valence-corrected chi connectivity index (χ0v) is 11.2. The topological polar surface area (TPSA) is 109 Å². The Bertz CT molecular complexity index is 444. The first-order valence-corrected chi connectivity index (χ1v) is 6.75. The smallest absolute Gasteiger partial charge is 0.315 e. The molecule has 0 aliphatic heterocycles.